The van der Waals surface area contributed by atoms with E-state index in [1.807, 2.05) is 36.4 Å². The molecule has 0 atom stereocenters. The first-order chi connectivity index (χ1) is 22.7. The van der Waals surface area contributed by atoms with Gasteiger partial charge in [-0.3, -0.25) is 0 Å². The van der Waals surface area contributed by atoms with Crippen LogP contribution in [-0.2, 0) is 5.41 Å². The van der Waals surface area contributed by atoms with Crippen LogP contribution in [0.15, 0.2) is 126 Å². The van der Waals surface area contributed by atoms with Crippen LogP contribution in [-0.4, -0.2) is 10.2 Å². The van der Waals surface area contributed by atoms with Gasteiger partial charge in [0.05, 0.1) is 0 Å². The van der Waals surface area contributed by atoms with Crippen molar-refractivity contribution >= 4 is 0 Å². The second kappa shape index (κ2) is 10.0. The lowest BCUT2D eigenvalue weighted by atomic mass is 9.42. The molecule has 6 aromatic rings. The molecule has 2 heterocycles. The minimum absolute atomic E-state index is 0.0769. The van der Waals surface area contributed by atoms with Crippen molar-refractivity contribution in [1.29, 1.82) is 0 Å². The minimum atomic E-state index is 0.0769. The molecule has 224 valence electrons. The summed E-state index contributed by atoms with van der Waals surface area (Å²) in [5.41, 5.74) is 9.35. The van der Waals surface area contributed by atoms with Gasteiger partial charge >= 0.3 is 0 Å². The monoisotopic (exact) mass is 598 g/mol. The quantitative estimate of drug-likeness (QED) is 0.203. The molecule has 4 nitrogen and oxygen atoms in total. The van der Waals surface area contributed by atoms with Crippen molar-refractivity contribution in [1.82, 2.24) is 10.2 Å². The van der Waals surface area contributed by atoms with E-state index in [0.29, 0.717) is 23.6 Å². The Bertz CT molecular complexity index is 2080. The van der Waals surface area contributed by atoms with Gasteiger partial charge in [0.1, 0.15) is 11.5 Å². The van der Waals surface area contributed by atoms with Crippen molar-refractivity contribution in [3.8, 4) is 56.7 Å². The summed E-state index contributed by atoms with van der Waals surface area (Å²) in [6, 6.07) is 43.0. The van der Waals surface area contributed by atoms with Crippen molar-refractivity contribution in [3.63, 3.8) is 0 Å². The number of benzene rings is 5. The Morgan fingerprint density at radius 2 is 1.00 bits per heavy atom. The van der Waals surface area contributed by atoms with E-state index < -0.39 is 0 Å². The number of ether oxygens (including phenoxy) is 1. The number of aromatic nitrogens is 2. The van der Waals surface area contributed by atoms with E-state index in [2.05, 4.69) is 95.1 Å². The third kappa shape index (κ3) is 3.92. The molecular weight excluding hydrogens is 564 g/mol. The number of rotatable bonds is 4. The minimum Gasteiger partial charge on any atom is -0.457 e. The maximum Gasteiger partial charge on any atom is 0.248 e. The molecule has 0 saturated heterocycles. The van der Waals surface area contributed by atoms with Crippen LogP contribution in [0.2, 0.25) is 0 Å². The molecule has 1 aliphatic heterocycles. The van der Waals surface area contributed by atoms with E-state index in [0.717, 1.165) is 45.6 Å². The van der Waals surface area contributed by atoms with Gasteiger partial charge in [0.15, 0.2) is 0 Å². The zero-order valence-electron chi connectivity index (χ0n) is 25.6. The van der Waals surface area contributed by atoms with Gasteiger partial charge in [0.25, 0.3) is 0 Å². The predicted molar refractivity (Wildman–Crippen MR) is 180 cm³/mol. The highest BCUT2D eigenvalue weighted by Gasteiger charge is 2.61. The fourth-order valence-corrected chi connectivity index (χ4v) is 9.84. The van der Waals surface area contributed by atoms with Crippen LogP contribution in [0.4, 0.5) is 0 Å². The van der Waals surface area contributed by atoms with Crippen LogP contribution in [0, 0.1) is 23.7 Å². The summed E-state index contributed by atoms with van der Waals surface area (Å²) in [5, 5.41) is 8.65. The molecule has 1 aromatic heterocycles. The van der Waals surface area contributed by atoms with Crippen LogP contribution in [0.5, 0.6) is 11.5 Å². The average Bonchev–Trinajstić information content (AvgIpc) is 3.61. The normalized spacial score (nSPS) is 25.2. The lowest BCUT2D eigenvalue weighted by Crippen LogP contribution is -2.56. The molecule has 5 aliphatic rings. The molecule has 46 heavy (non-hydrogen) atoms. The molecule has 4 bridgehead atoms. The van der Waals surface area contributed by atoms with Gasteiger partial charge < -0.3 is 9.15 Å². The molecule has 0 unspecified atom stereocenters. The fourth-order valence-electron chi connectivity index (χ4n) is 9.84. The summed E-state index contributed by atoms with van der Waals surface area (Å²) in [4.78, 5) is 0. The average molecular weight is 599 g/mol. The number of hydrogen-bond donors (Lipinski definition) is 0. The SMILES string of the molecule is c1ccc(-c2nnc(-c3cccc(-c4cccc(-c5ccc6c(c5)Oc5ccccc5C65C6CC7CC(C6)CC5C7)c4)c3)o2)cc1. The second-order valence-corrected chi connectivity index (χ2v) is 13.9. The van der Waals surface area contributed by atoms with Crippen molar-refractivity contribution in [2.75, 3.05) is 0 Å². The highest BCUT2D eigenvalue weighted by molar-refractivity contribution is 5.77. The Balaban J connectivity index is 1.01. The number of nitrogens with zero attached hydrogens (tertiary/aromatic N) is 2. The lowest BCUT2D eigenvalue weighted by Gasteiger charge is -2.63. The first-order valence-electron chi connectivity index (χ1n) is 16.7. The van der Waals surface area contributed by atoms with Gasteiger partial charge in [0, 0.05) is 27.7 Å². The number of fused-ring (bicyclic) bond motifs is 2. The second-order valence-electron chi connectivity index (χ2n) is 13.9. The topological polar surface area (TPSA) is 48.2 Å². The summed E-state index contributed by atoms with van der Waals surface area (Å²) in [6.07, 6.45) is 6.90. The van der Waals surface area contributed by atoms with Gasteiger partial charge in [0.2, 0.25) is 11.8 Å². The first kappa shape index (κ1) is 26.3. The van der Waals surface area contributed by atoms with Crippen LogP contribution < -0.4 is 4.74 Å². The third-order valence-electron chi connectivity index (χ3n) is 11.5. The molecule has 0 amide bonds. The molecule has 4 aliphatic carbocycles. The largest absolute Gasteiger partial charge is 0.457 e. The molecule has 4 saturated carbocycles. The third-order valence-corrected chi connectivity index (χ3v) is 11.5. The van der Waals surface area contributed by atoms with E-state index >= 15 is 0 Å². The highest BCUT2D eigenvalue weighted by Crippen LogP contribution is 2.68. The number of para-hydroxylation sites is 1. The van der Waals surface area contributed by atoms with Crippen LogP contribution in [0.3, 0.4) is 0 Å². The van der Waals surface area contributed by atoms with E-state index in [1.54, 1.807) is 0 Å². The summed E-state index contributed by atoms with van der Waals surface area (Å²) in [6.45, 7) is 0. The van der Waals surface area contributed by atoms with E-state index in [1.165, 1.54) is 54.4 Å². The number of hydrogen-bond acceptors (Lipinski definition) is 4. The van der Waals surface area contributed by atoms with E-state index in [4.69, 9.17) is 9.15 Å². The zero-order chi connectivity index (χ0) is 30.2. The van der Waals surface area contributed by atoms with E-state index in [-0.39, 0.29) is 5.41 Å². The van der Waals surface area contributed by atoms with E-state index in [9.17, 15) is 0 Å². The van der Waals surface area contributed by atoms with Gasteiger partial charge in [-0.2, -0.15) is 0 Å². The molecule has 0 N–H and O–H groups in total. The van der Waals surface area contributed by atoms with Gasteiger partial charge in [-0.1, -0.05) is 78.9 Å². The van der Waals surface area contributed by atoms with Crippen LogP contribution in [0.25, 0.3) is 45.2 Å². The molecule has 0 radical (unpaired) electrons. The van der Waals surface area contributed by atoms with Gasteiger partial charge in [-0.05, 0) is 120 Å². The van der Waals surface area contributed by atoms with Crippen molar-refractivity contribution in [3.05, 3.63) is 132 Å². The van der Waals surface area contributed by atoms with Gasteiger partial charge in [-0.15, -0.1) is 10.2 Å². The Hall–Kier alpha value is -4.96. The fraction of sp³-hybridized carbons (Fsp3) is 0.238. The zero-order valence-corrected chi connectivity index (χ0v) is 25.6. The molecule has 4 fully saturated rings. The Kier molecular flexibility index (Phi) is 5.72. The summed E-state index contributed by atoms with van der Waals surface area (Å²) in [7, 11) is 0. The Morgan fingerprint density at radius 1 is 0.457 bits per heavy atom. The lowest BCUT2D eigenvalue weighted by molar-refractivity contribution is -0.0452. The van der Waals surface area contributed by atoms with Crippen molar-refractivity contribution in [2.45, 2.75) is 37.5 Å². The Labute approximate surface area is 269 Å². The molecule has 11 rings (SSSR count). The standard InChI is InChI=1S/C42H34N2O2/c1-2-8-28(9-3-1)40-43-44-41(46-40)33-13-7-12-31(24-33)29-10-6-11-30(23-29)32-16-17-37-39(25-32)45-38-15-5-4-14-36(38)42(37)34-19-26-18-27(21-34)22-35(42)20-26/h1-17,23-27,34-35H,18-22H2. The van der Waals surface area contributed by atoms with Crippen LogP contribution >= 0.6 is 0 Å². The highest BCUT2D eigenvalue weighted by atomic mass is 16.5. The van der Waals surface area contributed by atoms with Crippen molar-refractivity contribution < 1.29 is 9.15 Å². The predicted octanol–water partition coefficient (Wildman–Crippen LogP) is 10.6. The molecule has 4 heteroatoms. The maximum absolute atomic E-state index is 6.76. The Morgan fingerprint density at radius 3 is 1.72 bits per heavy atom. The van der Waals surface area contributed by atoms with Gasteiger partial charge in [-0.25, -0.2) is 0 Å². The molecule has 5 aromatic carbocycles. The maximum atomic E-state index is 6.76. The van der Waals surface area contributed by atoms with Crippen molar-refractivity contribution in [2.24, 2.45) is 23.7 Å². The smallest absolute Gasteiger partial charge is 0.248 e. The summed E-state index contributed by atoms with van der Waals surface area (Å²) >= 11 is 0. The first-order valence-corrected chi connectivity index (χ1v) is 16.7. The van der Waals surface area contributed by atoms with Crippen LogP contribution in [0.1, 0.15) is 43.2 Å². The molecule has 1 spiro atoms. The molecular formula is C42H34N2O2. The summed E-state index contributed by atoms with van der Waals surface area (Å²) < 4.78 is 12.8. The summed E-state index contributed by atoms with van der Waals surface area (Å²) in [5.74, 6) is 6.38.